The van der Waals surface area contributed by atoms with Gasteiger partial charge in [-0.3, -0.25) is 4.79 Å². The third kappa shape index (κ3) is 3.02. The van der Waals surface area contributed by atoms with Crippen LogP contribution in [0.5, 0.6) is 0 Å². The molecule has 0 radical (unpaired) electrons. The predicted molar refractivity (Wildman–Crippen MR) is 86.3 cm³/mol. The molecule has 1 saturated heterocycles. The lowest BCUT2D eigenvalue weighted by molar-refractivity contribution is -0.0886. The largest absolute Gasteiger partial charge is 0.389 e. The van der Waals surface area contributed by atoms with E-state index in [1.165, 1.54) is 6.42 Å². The molecular formula is C17H22BrNO2. The molecule has 0 bridgehead atoms. The summed E-state index contributed by atoms with van der Waals surface area (Å²) in [6.45, 7) is 3.36. The quantitative estimate of drug-likeness (QED) is 0.840. The zero-order valence-corrected chi connectivity index (χ0v) is 14.0. The number of amides is 1. The third-order valence-electron chi connectivity index (χ3n) is 5.00. The van der Waals surface area contributed by atoms with Gasteiger partial charge in [0.15, 0.2) is 0 Å². The number of piperidine rings is 1. The van der Waals surface area contributed by atoms with Gasteiger partial charge in [-0.1, -0.05) is 28.8 Å². The van der Waals surface area contributed by atoms with Gasteiger partial charge in [0.1, 0.15) is 0 Å². The van der Waals surface area contributed by atoms with Crippen molar-refractivity contribution in [2.75, 3.05) is 13.1 Å². The van der Waals surface area contributed by atoms with Crippen molar-refractivity contribution in [3.05, 3.63) is 33.8 Å². The highest BCUT2D eigenvalue weighted by Crippen LogP contribution is 2.40. The molecule has 1 aromatic rings. The van der Waals surface area contributed by atoms with Crippen LogP contribution >= 0.6 is 15.9 Å². The summed E-state index contributed by atoms with van der Waals surface area (Å²) in [7, 11) is 0. The number of rotatable bonds is 1. The van der Waals surface area contributed by atoms with E-state index < -0.39 is 5.60 Å². The van der Waals surface area contributed by atoms with Crippen molar-refractivity contribution < 1.29 is 9.90 Å². The average Bonchev–Trinajstić information content (AvgIpc) is 2.44. The highest BCUT2D eigenvalue weighted by atomic mass is 79.9. The summed E-state index contributed by atoms with van der Waals surface area (Å²) in [6, 6.07) is 5.83. The van der Waals surface area contributed by atoms with Crippen LogP contribution in [0.15, 0.2) is 22.7 Å². The van der Waals surface area contributed by atoms with Crippen molar-refractivity contribution in [2.45, 2.75) is 44.6 Å². The number of halogens is 1. The Bertz CT molecular complexity index is 539. The van der Waals surface area contributed by atoms with E-state index in [1.54, 1.807) is 0 Å². The van der Waals surface area contributed by atoms with Crippen LogP contribution in [0.2, 0.25) is 0 Å². The lowest BCUT2D eigenvalue weighted by Crippen LogP contribution is -2.54. The van der Waals surface area contributed by atoms with Crippen molar-refractivity contribution in [3.63, 3.8) is 0 Å². The van der Waals surface area contributed by atoms with E-state index in [4.69, 9.17) is 0 Å². The number of hydrogen-bond acceptors (Lipinski definition) is 2. The average molecular weight is 352 g/mol. The molecule has 0 aromatic heterocycles. The highest BCUT2D eigenvalue weighted by Gasteiger charge is 2.43. The summed E-state index contributed by atoms with van der Waals surface area (Å²) in [5.74, 6) is 0.337. The number of likely N-dealkylation sites (tertiary alicyclic amines) is 1. The van der Waals surface area contributed by atoms with Crippen molar-refractivity contribution in [3.8, 4) is 0 Å². The third-order valence-corrected chi connectivity index (χ3v) is 5.46. The van der Waals surface area contributed by atoms with Crippen molar-refractivity contribution in [2.24, 2.45) is 5.92 Å². The smallest absolute Gasteiger partial charge is 0.253 e. The van der Waals surface area contributed by atoms with Crippen LogP contribution in [0, 0.1) is 12.8 Å². The number of carbonyl (C=O) groups excluding carboxylic acids is 1. The second-order valence-corrected chi connectivity index (χ2v) is 7.48. The minimum atomic E-state index is -0.526. The molecule has 1 N–H and O–H groups in total. The molecule has 114 valence electrons. The van der Waals surface area contributed by atoms with Crippen molar-refractivity contribution in [1.82, 2.24) is 4.90 Å². The molecular weight excluding hydrogens is 330 g/mol. The van der Waals surface area contributed by atoms with E-state index >= 15 is 0 Å². The zero-order valence-electron chi connectivity index (χ0n) is 12.4. The Morgan fingerprint density at radius 1 is 1.33 bits per heavy atom. The Morgan fingerprint density at radius 2 is 2.14 bits per heavy atom. The molecule has 1 aliphatic heterocycles. The number of benzene rings is 1. The Balaban J connectivity index is 1.77. The number of nitrogens with zero attached hydrogens (tertiary/aromatic N) is 1. The molecule has 1 heterocycles. The van der Waals surface area contributed by atoms with Crippen molar-refractivity contribution >= 4 is 21.8 Å². The number of hydrogen-bond donors (Lipinski definition) is 1. The molecule has 0 spiro atoms. The van der Waals surface area contributed by atoms with Gasteiger partial charge in [0, 0.05) is 29.0 Å². The lowest BCUT2D eigenvalue weighted by atomic mass is 9.71. The monoisotopic (exact) mass is 351 g/mol. The molecule has 2 aliphatic rings. The minimum absolute atomic E-state index is 0.0898. The van der Waals surface area contributed by atoms with Crippen molar-refractivity contribution in [1.29, 1.82) is 0 Å². The number of carbonyl (C=O) groups is 1. The summed E-state index contributed by atoms with van der Waals surface area (Å²) in [6.07, 6.45) is 4.95. The highest BCUT2D eigenvalue weighted by molar-refractivity contribution is 9.10. The molecule has 3 rings (SSSR count). The molecule has 2 unspecified atom stereocenters. The van der Waals surface area contributed by atoms with E-state index in [0.717, 1.165) is 41.3 Å². The second-order valence-electron chi connectivity index (χ2n) is 6.56. The molecule has 2 atom stereocenters. The SMILES string of the molecule is Cc1cc(Br)cc(C(=O)N2CCC3(O)CCCCC3C2)c1. The molecule has 21 heavy (non-hydrogen) atoms. The maximum Gasteiger partial charge on any atom is 0.253 e. The van der Waals surface area contributed by atoms with Gasteiger partial charge in [-0.05, 0) is 49.9 Å². The minimum Gasteiger partial charge on any atom is -0.389 e. The van der Waals surface area contributed by atoms with E-state index in [-0.39, 0.29) is 11.8 Å². The van der Waals surface area contributed by atoms with E-state index in [9.17, 15) is 9.90 Å². The molecule has 2 fully saturated rings. The van der Waals surface area contributed by atoms with Crippen LogP contribution in [0.25, 0.3) is 0 Å². The Labute approximate surface area is 134 Å². The number of fused-ring (bicyclic) bond motifs is 1. The Morgan fingerprint density at radius 3 is 2.90 bits per heavy atom. The van der Waals surface area contributed by atoms with Gasteiger partial charge in [0.2, 0.25) is 0 Å². The first kappa shape index (κ1) is 15.0. The second kappa shape index (κ2) is 5.73. The van der Waals surface area contributed by atoms with Gasteiger partial charge in [0.05, 0.1) is 5.60 Å². The predicted octanol–water partition coefficient (Wildman–Crippen LogP) is 3.52. The van der Waals surface area contributed by atoms with Crippen LogP contribution in [0.3, 0.4) is 0 Å². The molecule has 4 heteroatoms. The summed E-state index contributed by atoms with van der Waals surface area (Å²) in [4.78, 5) is 14.6. The van der Waals surface area contributed by atoms with E-state index in [2.05, 4.69) is 15.9 Å². The first-order valence-corrected chi connectivity index (χ1v) is 8.56. The Kier molecular flexibility index (Phi) is 4.10. The summed E-state index contributed by atoms with van der Waals surface area (Å²) >= 11 is 3.46. The maximum atomic E-state index is 12.7. The molecule has 3 nitrogen and oxygen atoms in total. The maximum absolute atomic E-state index is 12.7. The number of aliphatic hydroxyl groups is 1. The number of aryl methyl sites for hydroxylation is 1. The summed E-state index contributed by atoms with van der Waals surface area (Å²) in [5.41, 5.74) is 1.30. The fraction of sp³-hybridized carbons (Fsp3) is 0.588. The first-order valence-electron chi connectivity index (χ1n) is 7.77. The van der Waals surface area contributed by atoms with Crippen LogP contribution < -0.4 is 0 Å². The molecule has 1 amide bonds. The van der Waals surface area contributed by atoms with E-state index in [1.807, 2.05) is 30.0 Å². The fourth-order valence-electron chi connectivity index (χ4n) is 3.80. The van der Waals surface area contributed by atoms with Gasteiger partial charge in [-0.25, -0.2) is 0 Å². The molecule has 1 aromatic carbocycles. The normalized spacial score (nSPS) is 29.1. The Hall–Kier alpha value is -0.870. The lowest BCUT2D eigenvalue weighted by Gasteiger charge is -2.47. The molecule has 1 saturated carbocycles. The van der Waals surface area contributed by atoms with Crippen LogP contribution in [-0.4, -0.2) is 34.6 Å². The fourth-order valence-corrected chi connectivity index (χ4v) is 4.41. The van der Waals surface area contributed by atoms with Crippen LogP contribution in [0.4, 0.5) is 0 Å². The van der Waals surface area contributed by atoms with E-state index in [0.29, 0.717) is 13.1 Å². The zero-order chi connectivity index (χ0) is 15.0. The van der Waals surface area contributed by atoms with Gasteiger partial charge >= 0.3 is 0 Å². The van der Waals surface area contributed by atoms with Gasteiger partial charge in [-0.2, -0.15) is 0 Å². The summed E-state index contributed by atoms with van der Waals surface area (Å²) in [5, 5.41) is 10.7. The standard InChI is InChI=1S/C17H22BrNO2/c1-12-8-13(10-15(18)9-12)16(20)19-7-6-17(21)5-3-2-4-14(17)11-19/h8-10,14,21H,2-7,11H2,1H3. The van der Waals surface area contributed by atoms with Gasteiger partial charge in [0.25, 0.3) is 5.91 Å². The topological polar surface area (TPSA) is 40.5 Å². The van der Waals surface area contributed by atoms with Gasteiger partial charge < -0.3 is 10.0 Å². The molecule has 1 aliphatic carbocycles. The summed E-state index contributed by atoms with van der Waals surface area (Å²) < 4.78 is 0.942. The van der Waals surface area contributed by atoms with Crippen LogP contribution in [-0.2, 0) is 0 Å². The first-order chi connectivity index (χ1) is 9.98. The van der Waals surface area contributed by atoms with Gasteiger partial charge in [-0.15, -0.1) is 0 Å². The van der Waals surface area contributed by atoms with Crippen LogP contribution in [0.1, 0.15) is 48.0 Å².